The lowest BCUT2D eigenvalue weighted by Crippen LogP contribution is -2.43. The number of urea groups is 1. The molecule has 19 heavy (non-hydrogen) atoms. The summed E-state index contributed by atoms with van der Waals surface area (Å²) < 4.78 is 0. The number of carboxylic acids is 1. The Bertz CT molecular complexity index is 493. The van der Waals surface area contributed by atoms with Crippen molar-refractivity contribution in [2.75, 3.05) is 11.9 Å². The van der Waals surface area contributed by atoms with Crippen molar-refractivity contribution in [1.82, 2.24) is 15.1 Å². The Kier molecular flexibility index (Phi) is 3.43. The van der Waals surface area contributed by atoms with Gasteiger partial charge in [0.1, 0.15) is 6.04 Å². The van der Waals surface area contributed by atoms with E-state index in [1.165, 1.54) is 0 Å². The highest BCUT2D eigenvalue weighted by Crippen LogP contribution is 2.22. The molecule has 2 heterocycles. The predicted molar refractivity (Wildman–Crippen MR) is 65.8 cm³/mol. The van der Waals surface area contributed by atoms with E-state index in [-0.39, 0.29) is 13.0 Å². The van der Waals surface area contributed by atoms with Crippen molar-refractivity contribution >= 4 is 17.7 Å². The van der Waals surface area contributed by atoms with E-state index in [1.807, 2.05) is 0 Å². The van der Waals surface area contributed by atoms with Gasteiger partial charge < -0.3 is 20.4 Å². The number of aliphatic hydroxyl groups excluding tert-OH is 1. The van der Waals surface area contributed by atoms with Gasteiger partial charge in [-0.15, -0.1) is 0 Å². The van der Waals surface area contributed by atoms with Crippen molar-refractivity contribution in [2.45, 2.75) is 32.4 Å². The molecule has 0 aliphatic carbocycles. The van der Waals surface area contributed by atoms with Crippen LogP contribution in [-0.2, 0) is 4.79 Å². The number of carbonyl (C=O) groups is 2. The molecular weight excluding hydrogens is 252 g/mol. The summed E-state index contributed by atoms with van der Waals surface area (Å²) in [5.74, 6) is -1.12. The fourth-order valence-corrected chi connectivity index (χ4v) is 2.19. The number of aryl methyl sites for hydroxylation is 2. The highest BCUT2D eigenvalue weighted by atomic mass is 16.4. The summed E-state index contributed by atoms with van der Waals surface area (Å²) >= 11 is 0. The first-order valence-electron chi connectivity index (χ1n) is 5.90. The molecule has 0 bridgehead atoms. The molecule has 2 amide bonds. The number of likely N-dealkylation sites (tertiary alicyclic amines) is 1. The Balaban J connectivity index is 2.13. The van der Waals surface area contributed by atoms with Gasteiger partial charge in [0.25, 0.3) is 0 Å². The molecule has 0 radical (unpaired) electrons. The highest BCUT2D eigenvalue weighted by Gasteiger charge is 2.39. The summed E-state index contributed by atoms with van der Waals surface area (Å²) in [6.45, 7) is 3.49. The van der Waals surface area contributed by atoms with Gasteiger partial charge in [-0.2, -0.15) is 5.10 Å². The topological polar surface area (TPSA) is 119 Å². The number of aromatic amines is 1. The molecule has 8 nitrogen and oxygen atoms in total. The van der Waals surface area contributed by atoms with Gasteiger partial charge in [0.05, 0.1) is 23.2 Å². The molecule has 0 aromatic carbocycles. The number of carbonyl (C=O) groups excluding carboxylic acids is 1. The lowest BCUT2D eigenvalue weighted by Gasteiger charge is -2.21. The van der Waals surface area contributed by atoms with Crippen LogP contribution >= 0.6 is 0 Å². The first kappa shape index (κ1) is 13.3. The Morgan fingerprint density at radius 2 is 2.16 bits per heavy atom. The van der Waals surface area contributed by atoms with Gasteiger partial charge in [-0.1, -0.05) is 0 Å². The quantitative estimate of drug-likeness (QED) is 0.605. The fourth-order valence-electron chi connectivity index (χ4n) is 2.19. The van der Waals surface area contributed by atoms with Gasteiger partial charge >= 0.3 is 12.0 Å². The van der Waals surface area contributed by atoms with Crippen molar-refractivity contribution in [3.8, 4) is 0 Å². The molecule has 1 saturated heterocycles. The first-order valence-corrected chi connectivity index (χ1v) is 5.90. The molecule has 2 unspecified atom stereocenters. The van der Waals surface area contributed by atoms with Gasteiger partial charge in [-0.05, 0) is 13.8 Å². The number of β-amino-alcohol motifs (C(OH)–C–C–N with tert-alkyl or cyclic N) is 1. The van der Waals surface area contributed by atoms with Crippen LogP contribution in [0.25, 0.3) is 0 Å². The predicted octanol–water partition coefficient (Wildman–Crippen LogP) is 0.0782. The zero-order valence-corrected chi connectivity index (χ0v) is 10.7. The summed E-state index contributed by atoms with van der Waals surface area (Å²) in [5.41, 5.74) is 1.85. The van der Waals surface area contributed by atoms with E-state index >= 15 is 0 Å². The molecule has 1 aliphatic rings. The Hall–Kier alpha value is -2.09. The number of hydrogen-bond acceptors (Lipinski definition) is 4. The minimum Gasteiger partial charge on any atom is -0.480 e. The molecule has 0 spiro atoms. The van der Waals surface area contributed by atoms with Crippen LogP contribution in [0.5, 0.6) is 0 Å². The van der Waals surface area contributed by atoms with Crippen LogP contribution in [0.2, 0.25) is 0 Å². The number of nitrogens with zero attached hydrogens (tertiary/aromatic N) is 2. The molecular formula is C11H16N4O4. The van der Waals surface area contributed by atoms with Crippen LogP contribution in [0, 0.1) is 13.8 Å². The zero-order chi connectivity index (χ0) is 14.2. The summed E-state index contributed by atoms with van der Waals surface area (Å²) in [4.78, 5) is 24.2. The number of carboxylic acid groups (broad SMARTS) is 1. The Morgan fingerprint density at radius 1 is 1.47 bits per heavy atom. The lowest BCUT2D eigenvalue weighted by molar-refractivity contribution is -0.141. The van der Waals surface area contributed by atoms with Crippen LogP contribution in [0.3, 0.4) is 0 Å². The van der Waals surface area contributed by atoms with E-state index < -0.39 is 24.1 Å². The summed E-state index contributed by atoms with van der Waals surface area (Å²) in [6, 6.07) is -1.54. The zero-order valence-electron chi connectivity index (χ0n) is 10.7. The number of rotatable bonds is 2. The standard InChI is InChI=1S/C11H16N4O4/c1-5-9(6(2)14-13-5)12-11(19)15-4-7(16)3-8(15)10(17)18/h7-8,16H,3-4H2,1-2H3,(H,12,19)(H,13,14)(H,17,18). The lowest BCUT2D eigenvalue weighted by atomic mass is 10.2. The van der Waals surface area contributed by atoms with Gasteiger partial charge in [-0.25, -0.2) is 9.59 Å². The summed E-state index contributed by atoms with van der Waals surface area (Å²) in [5, 5.41) is 27.8. The largest absolute Gasteiger partial charge is 0.480 e. The van der Waals surface area contributed by atoms with Crippen molar-refractivity contribution in [1.29, 1.82) is 0 Å². The number of aliphatic carboxylic acids is 1. The molecule has 104 valence electrons. The molecule has 0 saturated carbocycles. The number of anilines is 1. The van der Waals surface area contributed by atoms with E-state index in [9.17, 15) is 14.7 Å². The monoisotopic (exact) mass is 268 g/mol. The number of amides is 2. The smallest absolute Gasteiger partial charge is 0.326 e. The van der Waals surface area contributed by atoms with Crippen LogP contribution in [-0.4, -0.2) is 56.0 Å². The second kappa shape index (κ2) is 4.88. The maximum Gasteiger partial charge on any atom is 0.326 e. The third kappa shape index (κ3) is 2.53. The summed E-state index contributed by atoms with van der Waals surface area (Å²) in [6.07, 6.45) is -0.759. The van der Waals surface area contributed by atoms with Crippen LogP contribution in [0.15, 0.2) is 0 Å². The highest BCUT2D eigenvalue weighted by molar-refractivity contribution is 5.93. The molecule has 1 aromatic rings. The van der Waals surface area contributed by atoms with Gasteiger partial charge in [0.15, 0.2) is 0 Å². The van der Waals surface area contributed by atoms with Crippen molar-refractivity contribution in [3.63, 3.8) is 0 Å². The average molecular weight is 268 g/mol. The van der Waals surface area contributed by atoms with Crippen LogP contribution in [0.1, 0.15) is 17.8 Å². The minimum absolute atomic E-state index is 0.0126. The number of nitrogens with one attached hydrogen (secondary N) is 2. The maximum atomic E-state index is 12.1. The van der Waals surface area contributed by atoms with Crippen LogP contribution in [0.4, 0.5) is 10.5 Å². The number of aromatic nitrogens is 2. The molecule has 1 aliphatic heterocycles. The third-order valence-electron chi connectivity index (χ3n) is 3.18. The van der Waals surface area contributed by atoms with E-state index in [4.69, 9.17) is 5.11 Å². The molecule has 1 fully saturated rings. The second-order valence-corrected chi connectivity index (χ2v) is 4.64. The molecule has 2 rings (SSSR count). The number of H-pyrrole nitrogens is 1. The van der Waals surface area contributed by atoms with E-state index in [2.05, 4.69) is 15.5 Å². The number of hydrogen-bond donors (Lipinski definition) is 4. The fraction of sp³-hybridized carbons (Fsp3) is 0.545. The second-order valence-electron chi connectivity index (χ2n) is 4.64. The Morgan fingerprint density at radius 3 is 2.68 bits per heavy atom. The molecule has 4 N–H and O–H groups in total. The third-order valence-corrected chi connectivity index (χ3v) is 3.18. The van der Waals surface area contributed by atoms with Gasteiger partial charge in [0.2, 0.25) is 0 Å². The van der Waals surface area contributed by atoms with E-state index in [0.29, 0.717) is 17.1 Å². The maximum absolute atomic E-state index is 12.1. The number of aliphatic hydroxyl groups is 1. The molecule has 2 atom stereocenters. The van der Waals surface area contributed by atoms with Crippen molar-refractivity contribution in [2.24, 2.45) is 0 Å². The summed E-state index contributed by atoms with van der Waals surface area (Å²) in [7, 11) is 0. The Labute approximate surface area is 109 Å². The van der Waals surface area contributed by atoms with E-state index in [0.717, 1.165) is 4.90 Å². The average Bonchev–Trinajstić information content (AvgIpc) is 2.87. The van der Waals surface area contributed by atoms with Gasteiger partial charge in [-0.3, -0.25) is 5.10 Å². The van der Waals surface area contributed by atoms with Crippen molar-refractivity contribution < 1.29 is 19.8 Å². The molecule has 8 heteroatoms. The normalized spacial score (nSPS) is 22.6. The SMILES string of the molecule is Cc1n[nH]c(C)c1NC(=O)N1CC(O)CC1C(=O)O. The first-order chi connectivity index (χ1) is 8.90. The van der Waals surface area contributed by atoms with E-state index in [1.54, 1.807) is 13.8 Å². The van der Waals surface area contributed by atoms with Crippen molar-refractivity contribution in [3.05, 3.63) is 11.4 Å². The van der Waals surface area contributed by atoms with Gasteiger partial charge in [0, 0.05) is 13.0 Å². The minimum atomic E-state index is -1.12. The molecule has 1 aromatic heterocycles. The van der Waals surface area contributed by atoms with Crippen LogP contribution < -0.4 is 5.32 Å².